The lowest BCUT2D eigenvalue weighted by Gasteiger charge is -2.10. The number of aromatic amines is 1. The number of nitrogens with one attached hydrogen (secondary N) is 2. The van der Waals surface area contributed by atoms with Crippen LogP contribution >= 0.6 is 11.8 Å². The van der Waals surface area contributed by atoms with Crippen LogP contribution in [0.2, 0.25) is 0 Å². The maximum atomic E-state index is 12.3. The minimum atomic E-state index is -0.166. The second-order valence-corrected chi connectivity index (χ2v) is 7.62. The van der Waals surface area contributed by atoms with E-state index in [1.165, 1.54) is 11.8 Å². The molecule has 0 bridgehead atoms. The first kappa shape index (κ1) is 20.9. The molecule has 0 saturated carbocycles. The second kappa shape index (κ2) is 9.60. The number of aromatic nitrogens is 1. The molecule has 3 rings (SSSR count). The molecular formula is C23H20N5OS+. The van der Waals surface area contributed by atoms with Gasteiger partial charge >= 0.3 is 0 Å². The molecule has 0 aliphatic carbocycles. The van der Waals surface area contributed by atoms with Crippen LogP contribution in [0.5, 0.6) is 0 Å². The van der Waals surface area contributed by atoms with Gasteiger partial charge < -0.3 is 5.32 Å². The zero-order valence-electron chi connectivity index (χ0n) is 16.4. The van der Waals surface area contributed by atoms with E-state index in [0.717, 1.165) is 16.7 Å². The molecule has 0 radical (unpaired) electrons. The highest BCUT2D eigenvalue weighted by Crippen LogP contribution is 2.33. The number of anilines is 1. The highest BCUT2D eigenvalue weighted by Gasteiger charge is 2.24. The number of benzene rings is 2. The number of nitrogens with zero attached hydrogens (tertiary/aromatic N) is 2. The van der Waals surface area contributed by atoms with E-state index in [0.29, 0.717) is 22.7 Å². The molecule has 0 atom stereocenters. The number of nitriles is 2. The van der Waals surface area contributed by atoms with Gasteiger partial charge in [0, 0.05) is 12.1 Å². The summed E-state index contributed by atoms with van der Waals surface area (Å²) in [6.07, 6.45) is 0. The molecule has 30 heavy (non-hydrogen) atoms. The number of rotatable bonds is 6. The summed E-state index contributed by atoms with van der Waals surface area (Å²) in [4.78, 5) is 15.2. The number of thioether (sulfide) groups is 1. The number of pyridine rings is 1. The molecule has 1 aromatic heterocycles. The number of nitrogens with two attached hydrogens (primary N) is 1. The molecular weight excluding hydrogens is 394 g/mol. The minimum Gasteiger partial charge on any atom is -0.351 e. The fourth-order valence-corrected chi connectivity index (χ4v) is 3.80. The van der Waals surface area contributed by atoms with E-state index < -0.39 is 0 Å². The molecule has 3 aromatic rings. The van der Waals surface area contributed by atoms with Crippen molar-refractivity contribution in [1.82, 2.24) is 5.32 Å². The quantitative estimate of drug-likeness (QED) is 0.601. The second-order valence-electron chi connectivity index (χ2n) is 6.63. The summed E-state index contributed by atoms with van der Waals surface area (Å²) in [5, 5.41) is 22.7. The lowest BCUT2D eigenvalue weighted by atomic mass is 9.96. The van der Waals surface area contributed by atoms with E-state index in [-0.39, 0.29) is 23.0 Å². The van der Waals surface area contributed by atoms with E-state index in [2.05, 4.69) is 22.4 Å². The van der Waals surface area contributed by atoms with Crippen molar-refractivity contribution in [2.24, 2.45) is 0 Å². The zero-order chi connectivity index (χ0) is 21.5. The molecule has 0 aliphatic heterocycles. The monoisotopic (exact) mass is 414 g/mol. The maximum absolute atomic E-state index is 12.3. The Kier molecular flexibility index (Phi) is 6.69. The van der Waals surface area contributed by atoms with Gasteiger partial charge in [0.25, 0.3) is 5.82 Å². The number of carbonyl (C=O) groups is 1. The van der Waals surface area contributed by atoms with Crippen LogP contribution in [0.15, 0.2) is 59.6 Å². The molecule has 0 aliphatic rings. The molecule has 0 fully saturated rings. The standard InChI is InChI=1S/C23H19N5OS/c1-15-7-9-17(10-8-15)21-18(11-24)22(26)28-23(19(21)12-25)30-14-20(29)27-13-16-5-3-2-4-6-16/h2-10H,13-14H2,1H3,(H2,26,28)(H,27,29)/p+1. The van der Waals surface area contributed by atoms with Crippen LogP contribution < -0.4 is 16.0 Å². The Morgan fingerprint density at radius 1 is 1.07 bits per heavy atom. The Morgan fingerprint density at radius 2 is 1.73 bits per heavy atom. The van der Waals surface area contributed by atoms with Gasteiger partial charge in [-0.2, -0.15) is 10.5 Å². The highest BCUT2D eigenvalue weighted by molar-refractivity contribution is 7.99. The first-order chi connectivity index (χ1) is 14.5. The molecule has 4 N–H and O–H groups in total. The molecule has 0 saturated heterocycles. The average Bonchev–Trinajstić information content (AvgIpc) is 2.77. The molecule has 6 nitrogen and oxygen atoms in total. The lowest BCUT2D eigenvalue weighted by Crippen LogP contribution is -2.26. The van der Waals surface area contributed by atoms with Crippen LogP contribution in [-0.4, -0.2) is 11.7 Å². The summed E-state index contributed by atoms with van der Waals surface area (Å²) in [7, 11) is 0. The van der Waals surface area contributed by atoms with Gasteiger partial charge in [0.1, 0.15) is 23.3 Å². The van der Waals surface area contributed by atoms with Crippen molar-refractivity contribution in [3.8, 4) is 23.3 Å². The Bertz CT molecular complexity index is 1150. The predicted molar refractivity (Wildman–Crippen MR) is 116 cm³/mol. The van der Waals surface area contributed by atoms with E-state index in [1.54, 1.807) is 0 Å². The SMILES string of the molecule is Cc1ccc(-c2c(C#N)c(N)[nH+]c(SCC(=O)NCc3ccccc3)c2C#N)cc1. The average molecular weight is 415 g/mol. The third kappa shape index (κ3) is 4.78. The van der Waals surface area contributed by atoms with Crippen LogP contribution in [0.3, 0.4) is 0 Å². The van der Waals surface area contributed by atoms with Crippen molar-refractivity contribution in [3.05, 3.63) is 76.9 Å². The number of aryl methyl sites for hydroxylation is 1. The van der Waals surface area contributed by atoms with Gasteiger partial charge in [-0.25, -0.2) is 4.98 Å². The van der Waals surface area contributed by atoms with Crippen LogP contribution in [0, 0.1) is 29.6 Å². The maximum Gasteiger partial charge on any atom is 0.289 e. The summed E-state index contributed by atoms with van der Waals surface area (Å²) in [5.74, 6) is 0.108. The third-order valence-corrected chi connectivity index (χ3v) is 5.49. The van der Waals surface area contributed by atoms with E-state index in [4.69, 9.17) is 5.73 Å². The number of nitrogen functional groups attached to an aromatic ring is 1. The van der Waals surface area contributed by atoms with Gasteiger partial charge in [-0.3, -0.25) is 10.5 Å². The normalized spacial score (nSPS) is 10.1. The molecule has 0 unspecified atom stereocenters. The molecule has 7 heteroatoms. The lowest BCUT2D eigenvalue weighted by molar-refractivity contribution is -0.410. The van der Waals surface area contributed by atoms with Gasteiger partial charge in [0.05, 0.1) is 5.75 Å². The first-order valence-corrected chi connectivity index (χ1v) is 10.2. The smallest absolute Gasteiger partial charge is 0.289 e. The zero-order valence-corrected chi connectivity index (χ0v) is 17.2. The number of hydrogen-bond acceptors (Lipinski definition) is 5. The van der Waals surface area contributed by atoms with E-state index in [1.807, 2.05) is 61.5 Å². The fraction of sp³-hybridized carbons (Fsp3) is 0.130. The number of hydrogen-bond donors (Lipinski definition) is 2. The number of H-pyrrole nitrogens is 1. The van der Waals surface area contributed by atoms with Crippen molar-refractivity contribution >= 4 is 23.5 Å². The van der Waals surface area contributed by atoms with Crippen molar-refractivity contribution in [2.75, 3.05) is 11.5 Å². The van der Waals surface area contributed by atoms with E-state index >= 15 is 0 Å². The van der Waals surface area contributed by atoms with Gasteiger partial charge in [0.2, 0.25) is 5.91 Å². The third-order valence-electron chi connectivity index (χ3n) is 4.49. The highest BCUT2D eigenvalue weighted by atomic mass is 32.2. The summed E-state index contributed by atoms with van der Waals surface area (Å²) < 4.78 is 0. The summed E-state index contributed by atoms with van der Waals surface area (Å²) in [6.45, 7) is 2.39. The summed E-state index contributed by atoms with van der Waals surface area (Å²) in [6, 6.07) is 21.4. The van der Waals surface area contributed by atoms with Crippen LogP contribution in [0.4, 0.5) is 5.82 Å². The molecule has 1 amide bonds. The minimum absolute atomic E-state index is 0.108. The first-order valence-electron chi connectivity index (χ1n) is 9.23. The summed E-state index contributed by atoms with van der Waals surface area (Å²) in [5.41, 5.74) is 9.85. The predicted octanol–water partition coefficient (Wildman–Crippen LogP) is 3.21. The Hall–Kier alpha value is -3.81. The van der Waals surface area contributed by atoms with Gasteiger partial charge in [-0.15, -0.1) is 0 Å². The van der Waals surface area contributed by atoms with E-state index in [9.17, 15) is 15.3 Å². The fourth-order valence-electron chi connectivity index (χ4n) is 2.95. The Morgan fingerprint density at radius 3 is 2.37 bits per heavy atom. The van der Waals surface area contributed by atoms with Crippen LogP contribution in [0.25, 0.3) is 11.1 Å². The molecule has 0 spiro atoms. The molecule has 148 valence electrons. The number of carbonyl (C=O) groups excluding carboxylic acids is 1. The van der Waals surface area contributed by atoms with Crippen LogP contribution in [0.1, 0.15) is 22.3 Å². The van der Waals surface area contributed by atoms with Crippen molar-refractivity contribution < 1.29 is 9.78 Å². The van der Waals surface area contributed by atoms with Gasteiger partial charge in [-0.1, -0.05) is 71.9 Å². The molecule has 1 heterocycles. The van der Waals surface area contributed by atoms with Crippen molar-refractivity contribution in [3.63, 3.8) is 0 Å². The van der Waals surface area contributed by atoms with Crippen molar-refractivity contribution in [2.45, 2.75) is 18.5 Å². The van der Waals surface area contributed by atoms with Crippen molar-refractivity contribution in [1.29, 1.82) is 10.5 Å². The topological polar surface area (TPSA) is 117 Å². The Labute approximate surface area is 179 Å². The summed E-state index contributed by atoms with van der Waals surface area (Å²) >= 11 is 1.18. The number of amides is 1. The largest absolute Gasteiger partial charge is 0.351 e. The molecule has 2 aromatic carbocycles. The van der Waals surface area contributed by atoms with Gasteiger partial charge in [0.15, 0.2) is 5.03 Å². The Balaban J connectivity index is 1.84. The van der Waals surface area contributed by atoms with Crippen LogP contribution in [-0.2, 0) is 11.3 Å². The van der Waals surface area contributed by atoms with Gasteiger partial charge in [-0.05, 0) is 18.1 Å².